The van der Waals surface area contributed by atoms with Crippen molar-refractivity contribution in [2.45, 2.75) is 18.6 Å². The molecule has 5 nitrogen and oxygen atoms in total. The zero-order valence-electron chi connectivity index (χ0n) is 11.8. The van der Waals surface area contributed by atoms with Gasteiger partial charge in [-0.3, -0.25) is 9.89 Å². The average Bonchev–Trinajstić information content (AvgIpc) is 3.12. The average molecular weight is 293 g/mol. The number of aromatic nitrogens is 2. The molecular weight excluding hydrogens is 278 g/mol. The van der Waals surface area contributed by atoms with Crippen LogP contribution in [0.5, 0.6) is 0 Å². The van der Waals surface area contributed by atoms with Crippen LogP contribution < -0.4 is 5.32 Å². The number of hydrogen-bond acceptors (Lipinski definition) is 3. The molecule has 0 fully saturated rings. The lowest BCUT2D eigenvalue weighted by molar-refractivity contribution is 0.0859. The summed E-state index contributed by atoms with van der Waals surface area (Å²) in [7, 11) is 0. The number of aliphatic hydroxyl groups excluding tert-OH is 1. The third kappa shape index (κ3) is 1.98. The molecule has 2 atom stereocenters. The lowest BCUT2D eigenvalue weighted by atomic mass is 10.1. The van der Waals surface area contributed by atoms with Gasteiger partial charge in [-0.25, -0.2) is 0 Å². The Balaban J connectivity index is 1.66. The van der Waals surface area contributed by atoms with Crippen molar-refractivity contribution in [1.82, 2.24) is 15.5 Å². The van der Waals surface area contributed by atoms with Gasteiger partial charge in [0.1, 0.15) is 0 Å². The first-order valence-electron chi connectivity index (χ1n) is 7.23. The number of H-pyrrole nitrogens is 1. The second-order valence-electron chi connectivity index (χ2n) is 5.56. The number of hydrogen-bond donors (Lipinski definition) is 3. The number of carbonyl (C=O) groups is 1. The van der Waals surface area contributed by atoms with E-state index >= 15 is 0 Å². The van der Waals surface area contributed by atoms with E-state index in [1.54, 1.807) is 12.3 Å². The van der Waals surface area contributed by atoms with Gasteiger partial charge in [-0.15, -0.1) is 0 Å². The van der Waals surface area contributed by atoms with Crippen molar-refractivity contribution in [2.24, 2.45) is 0 Å². The van der Waals surface area contributed by atoms with Crippen molar-refractivity contribution in [3.63, 3.8) is 0 Å². The topological polar surface area (TPSA) is 78.0 Å². The van der Waals surface area contributed by atoms with Crippen LogP contribution in [0, 0.1) is 0 Å². The molecule has 1 amide bonds. The summed E-state index contributed by atoms with van der Waals surface area (Å²) >= 11 is 0. The SMILES string of the molecule is O=C(N[C@H]1c2ccccc2C[C@H]1O)c1cccc2cn[nH]c12. The van der Waals surface area contributed by atoms with Gasteiger partial charge in [0.05, 0.1) is 29.4 Å². The van der Waals surface area contributed by atoms with E-state index in [1.807, 2.05) is 36.4 Å². The molecule has 5 heteroatoms. The smallest absolute Gasteiger partial charge is 0.254 e. The maximum Gasteiger partial charge on any atom is 0.254 e. The van der Waals surface area contributed by atoms with Crippen LogP contribution in [-0.2, 0) is 6.42 Å². The molecule has 0 aliphatic heterocycles. The van der Waals surface area contributed by atoms with E-state index in [0.29, 0.717) is 17.5 Å². The lowest BCUT2D eigenvalue weighted by Gasteiger charge is -2.18. The van der Waals surface area contributed by atoms with Crippen LogP contribution >= 0.6 is 0 Å². The summed E-state index contributed by atoms with van der Waals surface area (Å²) < 4.78 is 0. The van der Waals surface area contributed by atoms with Gasteiger partial charge in [-0.2, -0.15) is 5.10 Å². The summed E-state index contributed by atoms with van der Waals surface area (Å²) in [6.07, 6.45) is 1.66. The van der Waals surface area contributed by atoms with E-state index in [1.165, 1.54) is 0 Å². The van der Waals surface area contributed by atoms with Crippen LogP contribution in [0.1, 0.15) is 27.5 Å². The normalized spacial score (nSPS) is 20.0. The van der Waals surface area contributed by atoms with Crippen LogP contribution in [-0.4, -0.2) is 27.3 Å². The molecule has 2 aromatic carbocycles. The molecule has 4 rings (SSSR count). The molecule has 1 aliphatic carbocycles. The Morgan fingerprint density at radius 1 is 1.23 bits per heavy atom. The Labute approximate surface area is 127 Å². The number of nitrogens with one attached hydrogen (secondary N) is 2. The van der Waals surface area contributed by atoms with Crippen molar-refractivity contribution >= 4 is 16.8 Å². The lowest BCUT2D eigenvalue weighted by Crippen LogP contribution is -2.34. The van der Waals surface area contributed by atoms with Gasteiger partial charge >= 0.3 is 0 Å². The highest BCUT2D eigenvalue weighted by Gasteiger charge is 2.32. The zero-order chi connectivity index (χ0) is 15.1. The molecule has 0 unspecified atom stereocenters. The molecule has 1 aromatic heterocycles. The summed E-state index contributed by atoms with van der Waals surface area (Å²) in [5.74, 6) is -0.212. The Hall–Kier alpha value is -2.66. The van der Waals surface area contributed by atoms with E-state index in [9.17, 15) is 9.90 Å². The molecule has 3 N–H and O–H groups in total. The molecule has 110 valence electrons. The zero-order valence-corrected chi connectivity index (χ0v) is 11.8. The molecular formula is C17H15N3O2. The number of aliphatic hydroxyl groups is 1. The number of fused-ring (bicyclic) bond motifs is 2. The summed E-state index contributed by atoms with van der Waals surface area (Å²) in [6, 6.07) is 12.9. The minimum atomic E-state index is -0.595. The second-order valence-corrected chi connectivity index (χ2v) is 5.56. The number of aromatic amines is 1. The number of benzene rings is 2. The van der Waals surface area contributed by atoms with Crippen molar-refractivity contribution in [3.05, 3.63) is 65.4 Å². The first kappa shape index (κ1) is 13.0. The summed E-state index contributed by atoms with van der Waals surface area (Å²) in [5, 5.41) is 20.9. The van der Waals surface area contributed by atoms with Gasteiger partial charge in [-0.05, 0) is 17.2 Å². The van der Waals surface area contributed by atoms with Crippen LogP contribution in [0.3, 0.4) is 0 Å². The predicted octanol–water partition coefficient (Wildman–Crippen LogP) is 1.95. The van der Waals surface area contributed by atoms with Crippen molar-refractivity contribution in [1.29, 1.82) is 0 Å². The highest BCUT2D eigenvalue weighted by Crippen LogP contribution is 2.31. The fourth-order valence-electron chi connectivity index (χ4n) is 3.12. The van der Waals surface area contributed by atoms with Crippen molar-refractivity contribution in [3.8, 4) is 0 Å². The Kier molecular flexibility index (Phi) is 2.94. The van der Waals surface area contributed by atoms with Crippen molar-refractivity contribution < 1.29 is 9.90 Å². The molecule has 1 aliphatic rings. The molecule has 3 aromatic rings. The van der Waals surface area contributed by atoms with Gasteiger partial charge in [0.15, 0.2) is 0 Å². The standard InChI is InChI=1S/C17H15N3O2/c21-14-8-10-4-1-2-6-12(10)16(14)19-17(22)13-7-3-5-11-9-18-20-15(11)13/h1-7,9,14,16,21H,8H2,(H,18,20)(H,19,22)/t14-,16+/m1/s1. The van der Waals surface area contributed by atoms with E-state index in [-0.39, 0.29) is 11.9 Å². The molecule has 0 saturated heterocycles. The largest absolute Gasteiger partial charge is 0.390 e. The minimum Gasteiger partial charge on any atom is -0.390 e. The van der Waals surface area contributed by atoms with Gasteiger partial charge in [0, 0.05) is 11.8 Å². The molecule has 0 radical (unpaired) electrons. The number of amides is 1. The molecule has 0 spiro atoms. The first-order valence-corrected chi connectivity index (χ1v) is 7.23. The molecule has 22 heavy (non-hydrogen) atoms. The third-order valence-corrected chi connectivity index (χ3v) is 4.21. The fourth-order valence-corrected chi connectivity index (χ4v) is 3.12. The quantitative estimate of drug-likeness (QED) is 0.676. The second kappa shape index (κ2) is 4.96. The summed E-state index contributed by atoms with van der Waals surface area (Å²) in [4.78, 5) is 12.6. The Morgan fingerprint density at radius 2 is 2.09 bits per heavy atom. The van der Waals surface area contributed by atoms with E-state index in [4.69, 9.17) is 0 Å². The Morgan fingerprint density at radius 3 is 3.00 bits per heavy atom. The van der Waals surface area contributed by atoms with Crippen LogP contribution in [0.2, 0.25) is 0 Å². The Bertz CT molecular complexity index is 856. The monoisotopic (exact) mass is 293 g/mol. The predicted molar refractivity (Wildman–Crippen MR) is 82.5 cm³/mol. The van der Waals surface area contributed by atoms with Gasteiger partial charge in [0.2, 0.25) is 0 Å². The highest BCUT2D eigenvalue weighted by atomic mass is 16.3. The van der Waals surface area contributed by atoms with E-state index < -0.39 is 6.10 Å². The van der Waals surface area contributed by atoms with E-state index in [2.05, 4.69) is 15.5 Å². The highest BCUT2D eigenvalue weighted by molar-refractivity contribution is 6.05. The van der Waals surface area contributed by atoms with E-state index in [0.717, 1.165) is 16.5 Å². The maximum absolute atomic E-state index is 12.6. The van der Waals surface area contributed by atoms with Gasteiger partial charge < -0.3 is 10.4 Å². The van der Waals surface area contributed by atoms with Crippen LogP contribution in [0.15, 0.2) is 48.7 Å². The number of rotatable bonds is 2. The van der Waals surface area contributed by atoms with Crippen LogP contribution in [0.4, 0.5) is 0 Å². The maximum atomic E-state index is 12.6. The summed E-state index contributed by atoms with van der Waals surface area (Å²) in [5.41, 5.74) is 3.31. The number of para-hydroxylation sites is 1. The number of nitrogens with zero attached hydrogens (tertiary/aromatic N) is 1. The molecule has 0 saturated carbocycles. The number of carbonyl (C=O) groups excluding carboxylic acids is 1. The first-order chi connectivity index (χ1) is 10.7. The molecule has 0 bridgehead atoms. The van der Waals surface area contributed by atoms with Gasteiger partial charge in [-0.1, -0.05) is 36.4 Å². The van der Waals surface area contributed by atoms with Crippen LogP contribution in [0.25, 0.3) is 10.9 Å². The molecule has 1 heterocycles. The van der Waals surface area contributed by atoms with Crippen molar-refractivity contribution in [2.75, 3.05) is 0 Å². The fraction of sp³-hybridized carbons (Fsp3) is 0.176. The summed E-state index contributed by atoms with van der Waals surface area (Å²) in [6.45, 7) is 0. The van der Waals surface area contributed by atoms with Gasteiger partial charge in [0.25, 0.3) is 5.91 Å². The minimum absolute atomic E-state index is 0.212. The third-order valence-electron chi connectivity index (χ3n) is 4.21.